The van der Waals surface area contributed by atoms with Crippen molar-refractivity contribution in [1.29, 1.82) is 0 Å². The Morgan fingerprint density at radius 2 is 1.69 bits per heavy atom. The maximum atomic E-state index is 2.19. The zero-order valence-corrected chi connectivity index (χ0v) is 9.34. The summed E-state index contributed by atoms with van der Waals surface area (Å²) in [5.74, 6) is 0. The average Bonchev–Trinajstić information content (AvgIpc) is 2.59. The summed E-state index contributed by atoms with van der Waals surface area (Å²) < 4.78 is 1.46. The van der Waals surface area contributed by atoms with E-state index in [0.29, 0.717) is 0 Å². The van der Waals surface area contributed by atoms with Gasteiger partial charge in [-0.15, -0.1) is 11.3 Å². The molecule has 0 amide bonds. The first kappa shape index (κ1) is 11.0. The van der Waals surface area contributed by atoms with Crippen LogP contribution in [0.3, 0.4) is 0 Å². The summed E-state index contributed by atoms with van der Waals surface area (Å²) in [6.07, 6.45) is 0. The van der Waals surface area contributed by atoms with Crippen LogP contribution in [-0.4, -0.2) is 18.9 Å². The molecule has 0 aliphatic heterocycles. The Labute approximate surface area is 96.3 Å². The van der Waals surface area contributed by atoms with Crippen LogP contribution in [0, 0.1) is 0 Å². The molecule has 0 saturated heterocycles. The maximum absolute atomic E-state index is 2.19. The van der Waals surface area contributed by atoms with E-state index in [0.717, 1.165) is 8.58 Å². The van der Waals surface area contributed by atoms with Crippen LogP contribution in [0.1, 0.15) is 0 Å². The van der Waals surface area contributed by atoms with Crippen LogP contribution in [0.2, 0.25) is 0 Å². The van der Waals surface area contributed by atoms with Gasteiger partial charge >= 0.3 is 0 Å². The minimum Gasteiger partial charge on any atom is -0.144 e. The average molecular weight is 199 g/mol. The van der Waals surface area contributed by atoms with Crippen molar-refractivity contribution in [2.24, 2.45) is 0 Å². The van der Waals surface area contributed by atoms with Crippen LogP contribution in [0.15, 0.2) is 47.8 Å². The molecule has 2 rings (SSSR count). The van der Waals surface area contributed by atoms with Gasteiger partial charge < -0.3 is 0 Å². The van der Waals surface area contributed by atoms with Crippen molar-refractivity contribution in [3.8, 4) is 0 Å². The Morgan fingerprint density at radius 3 is 2.31 bits per heavy atom. The van der Waals surface area contributed by atoms with E-state index in [2.05, 4.69) is 47.8 Å². The van der Waals surface area contributed by atoms with E-state index in [1.54, 1.807) is 0 Å². The van der Waals surface area contributed by atoms with E-state index in [9.17, 15) is 0 Å². The van der Waals surface area contributed by atoms with Crippen molar-refractivity contribution in [1.82, 2.24) is 0 Å². The monoisotopic (exact) mass is 199 g/mol. The smallest absolute Gasteiger partial charge is 0.0292 e. The fraction of sp³-hybridized carbons (Fsp3) is 0. The van der Waals surface area contributed by atoms with Crippen LogP contribution in [-0.2, 0) is 0 Å². The minimum atomic E-state index is 0. The van der Waals surface area contributed by atoms with Crippen molar-refractivity contribution < 1.29 is 0 Å². The summed E-state index contributed by atoms with van der Waals surface area (Å²) in [4.78, 5) is 0. The van der Waals surface area contributed by atoms with Crippen molar-refractivity contribution in [3.05, 3.63) is 47.8 Å². The van der Waals surface area contributed by atoms with Gasteiger partial charge in [-0.1, -0.05) is 36.4 Å². The molecule has 2 aromatic rings. The summed E-state index contributed by atoms with van der Waals surface area (Å²) in [5, 5.41) is 3.55. The van der Waals surface area contributed by atoms with Gasteiger partial charge in [-0.3, -0.25) is 0 Å². The second-order valence-electron chi connectivity index (χ2n) is 2.47. The molecular weight excluding hydrogens is 190 g/mol. The first-order valence-corrected chi connectivity index (χ1v) is 5.69. The molecule has 0 aliphatic carbocycles. The summed E-state index contributed by atoms with van der Waals surface area (Å²) in [7, 11) is 0.820. The molecule has 0 aliphatic rings. The topological polar surface area (TPSA) is 0 Å². The zero-order chi connectivity index (χ0) is 8.23. The maximum Gasteiger partial charge on any atom is 0.0292 e. The van der Waals surface area contributed by atoms with Gasteiger partial charge in [0.05, 0.1) is 0 Å². The molecule has 61 valence electrons. The van der Waals surface area contributed by atoms with Crippen LogP contribution in [0.4, 0.5) is 0 Å². The summed E-state index contributed by atoms with van der Waals surface area (Å²) in [6.45, 7) is 0. The molecule has 1 atom stereocenters. The Morgan fingerprint density at radius 1 is 0.923 bits per heavy atom. The number of hydrogen-bond acceptors (Lipinski definition) is 1. The predicted octanol–water partition coefficient (Wildman–Crippen LogP) is 2.00. The first-order chi connectivity index (χ1) is 5.95. The molecule has 1 unspecified atom stereocenters. The molecule has 0 spiro atoms. The Hall–Kier alpha value is -0.0526. The summed E-state index contributed by atoms with van der Waals surface area (Å²) >= 11 is 1.83. The van der Waals surface area contributed by atoms with Crippen molar-refractivity contribution >= 4 is 48.7 Å². The fourth-order valence-electron chi connectivity index (χ4n) is 1.01. The van der Waals surface area contributed by atoms with Crippen LogP contribution in [0.25, 0.3) is 0 Å². The first-order valence-electron chi connectivity index (χ1n) is 3.81. The quantitative estimate of drug-likeness (QED) is 0.512. The van der Waals surface area contributed by atoms with Crippen molar-refractivity contribution in [3.63, 3.8) is 0 Å². The third kappa shape index (κ3) is 3.29. The van der Waals surface area contributed by atoms with E-state index in [4.69, 9.17) is 0 Å². The van der Waals surface area contributed by atoms with Crippen LogP contribution in [0.5, 0.6) is 0 Å². The predicted molar refractivity (Wildman–Crippen MR) is 64.1 cm³/mol. The largest absolute Gasteiger partial charge is 0.144 e. The molecule has 0 nitrogen and oxygen atoms in total. The molecule has 0 saturated carbocycles. The van der Waals surface area contributed by atoms with Crippen LogP contribution >= 0.6 is 19.9 Å². The van der Waals surface area contributed by atoms with Crippen molar-refractivity contribution in [2.75, 3.05) is 0 Å². The van der Waals surface area contributed by atoms with Gasteiger partial charge in [-0.25, -0.2) is 0 Å². The zero-order valence-electron chi connectivity index (χ0n) is 7.53. The minimum absolute atomic E-state index is 0. The van der Waals surface area contributed by atoms with E-state index >= 15 is 0 Å². The van der Waals surface area contributed by atoms with Gasteiger partial charge in [-0.05, 0) is 25.3 Å². The van der Waals surface area contributed by atoms with Gasteiger partial charge in [0.2, 0.25) is 0 Å². The number of hydrogen-bond donors (Lipinski definition) is 0. The summed E-state index contributed by atoms with van der Waals surface area (Å²) in [6, 6.07) is 14.9. The molecule has 13 heavy (non-hydrogen) atoms. The van der Waals surface area contributed by atoms with E-state index in [-0.39, 0.29) is 18.9 Å². The number of rotatable bonds is 2. The number of thiophene rings is 1. The standard InChI is InChI=1S/C10H9PS.Li/c1-2-5-9(6-3-1)11-10-7-4-8-12-10;/h1-8,11H;. The van der Waals surface area contributed by atoms with E-state index in [1.807, 2.05) is 11.3 Å². The molecule has 0 N–H and O–H groups in total. The summed E-state index contributed by atoms with van der Waals surface area (Å²) in [5.41, 5.74) is 0. The molecule has 3 heteroatoms. The third-order valence-electron chi connectivity index (χ3n) is 1.56. The van der Waals surface area contributed by atoms with Gasteiger partial charge in [-0.2, -0.15) is 0 Å². The molecule has 0 bridgehead atoms. The molecule has 0 fully saturated rings. The Bertz CT molecular complexity index is 331. The van der Waals surface area contributed by atoms with E-state index < -0.39 is 0 Å². The van der Waals surface area contributed by atoms with E-state index in [1.165, 1.54) is 9.92 Å². The number of benzene rings is 1. The van der Waals surface area contributed by atoms with Gasteiger partial charge in [0.15, 0.2) is 0 Å². The Kier molecular flexibility index (Phi) is 4.77. The van der Waals surface area contributed by atoms with Crippen molar-refractivity contribution in [2.45, 2.75) is 0 Å². The molecule has 1 heterocycles. The second-order valence-corrected chi connectivity index (χ2v) is 5.14. The third-order valence-corrected chi connectivity index (χ3v) is 3.94. The molecular formula is C10H9LiPS. The normalized spacial score (nSPS) is 10.2. The fourth-order valence-corrected chi connectivity index (χ4v) is 3.09. The van der Waals surface area contributed by atoms with Gasteiger partial charge in [0.1, 0.15) is 0 Å². The molecule has 1 aromatic heterocycles. The molecule has 1 radical (unpaired) electrons. The van der Waals surface area contributed by atoms with Gasteiger partial charge in [0, 0.05) is 23.5 Å². The second kappa shape index (κ2) is 5.63. The Balaban J connectivity index is 0.000000845. The molecule has 1 aromatic carbocycles. The SMILES string of the molecule is [Li].c1ccc(Pc2cccs2)cc1. The van der Waals surface area contributed by atoms with Gasteiger partial charge in [0.25, 0.3) is 0 Å². The van der Waals surface area contributed by atoms with Crippen LogP contribution < -0.4 is 9.92 Å².